The van der Waals surface area contributed by atoms with Crippen LogP contribution in [0.2, 0.25) is 0 Å². The summed E-state index contributed by atoms with van der Waals surface area (Å²) in [4.78, 5) is 48.7. The first-order chi connectivity index (χ1) is 39.0. The van der Waals surface area contributed by atoms with Gasteiger partial charge < -0.3 is 119 Å². The van der Waals surface area contributed by atoms with Crippen LogP contribution < -0.4 is 9.47 Å². The third-order valence-electron chi connectivity index (χ3n) is 13.0. The molecule has 82 heavy (non-hydrogen) atoms. The lowest BCUT2D eigenvalue weighted by Gasteiger charge is -2.46. The molecule has 0 bridgehead atoms. The van der Waals surface area contributed by atoms with Crippen LogP contribution in [0.4, 0.5) is 0 Å². The van der Waals surface area contributed by atoms with Gasteiger partial charge in [0.25, 0.3) is 0 Å². The lowest BCUT2D eigenvalue weighted by molar-refractivity contribution is -0.364. The van der Waals surface area contributed by atoms with Crippen LogP contribution in [0.15, 0.2) is 96.8 Å². The smallest absolute Gasteiger partial charge is 0.330 e. The molecule has 0 amide bonds. The molecule has 28 nitrogen and oxygen atoms in total. The number of phenols is 5. The number of aromatic hydroxyl groups is 5. The highest BCUT2D eigenvalue weighted by Gasteiger charge is 2.53. The topological polar surface area (TPSA) is 444 Å². The van der Waals surface area contributed by atoms with Gasteiger partial charge >= 0.3 is 23.9 Å². The van der Waals surface area contributed by atoms with Gasteiger partial charge in [0.05, 0.1) is 5.56 Å². The van der Waals surface area contributed by atoms with E-state index in [0.29, 0.717) is 11.1 Å². The average Bonchev–Trinajstić information content (AvgIpc) is 3.45. The number of aliphatic hydroxyl groups is 8. The molecular formula is C54H56O28. The van der Waals surface area contributed by atoms with E-state index in [-0.39, 0.29) is 28.4 Å². The molecule has 14 N–H and O–H groups in total. The minimum absolute atomic E-state index is 0.000327. The zero-order valence-electron chi connectivity index (χ0n) is 42.4. The fourth-order valence-corrected chi connectivity index (χ4v) is 8.65. The van der Waals surface area contributed by atoms with Crippen LogP contribution in [0, 0.1) is 0 Å². The van der Waals surface area contributed by atoms with Gasteiger partial charge in [0.15, 0.2) is 30.0 Å². The average molecular weight is 1150 g/mol. The second-order valence-corrected chi connectivity index (χ2v) is 18.9. The van der Waals surface area contributed by atoms with Gasteiger partial charge in [0, 0.05) is 29.8 Å². The van der Waals surface area contributed by atoms with Gasteiger partial charge in [-0.05, 0) is 65.8 Å². The van der Waals surface area contributed by atoms with Gasteiger partial charge in [-0.15, -0.1) is 0 Å². The number of phenolic OH excluding ortho intramolecular Hbond substituents is 5. The molecule has 4 aromatic carbocycles. The molecule has 3 fully saturated rings. The van der Waals surface area contributed by atoms with Crippen molar-refractivity contribution in [2.24, 2.45) is 0 Å². The molecule has 28 heteroatoms. The van der Waals surface area contributed by atoms with E-state index in [1.165, 1.54) is 72.8 Å². The maximum atomic E-state index is 13.0. The van der Waals surface area contributed by atoms with Crippen molar-refractivity contribution in [1.29, 1.82) is 0 Å². The Morgan fingerprint density at radius 3 is 1.57 bits per heavy atom. The monoisotopic (exact) mass is 1150 g/mol. The molecule has 4 aliphatic heterocycles. The van der Waals surface area contributed by atoms with Gasteiger partial charge in [0.2, 0.25) is 12.6 Å². The zero-order chi connectivity index (χ0) is 59.1. The molecule has 0 radical (unpaired) electrons. The number of esters is 3. The number of hydrogen-bond acceptors (Lipinski definition) is 27. The Labute approximate surface area is 462 Å². The quantitative estimate of drug-likeness (QED) is 0.0177. The third-order valence-corrected chi connectivity index (χ3v) is 13.0. The highest BCUT2D eigenvalue weighted by atomic mass is 16.8. The van der Waals surface area contributed by atoms with Crippen molar-refractivity contribution >= 4 is 42.1 Å². The van der Waals surface area contributed by atoms with E-state index in [9.17, 15) is 85.6 Å². The number of carbonyl (C=O) groups is 4. The number of carbonyl (C=O) groups excluding carboxylic acids is 3. The van der Waals surface area contributed by atoms with Crippen LogP contribution in [0.3, 0.4) is 0 Å². The Kier molecular flexibility index (Phi) is 19.2. The molecule has 1 unspecified atom stereocenters. The number of ether oxygens (including phenoxy) is 10. The number of rotatable bonds is 19. The lowest BCUT2D eigenvalue weighted by Crippen LogP contribution is -2.64. The summed E-state index contributed by atoms with van der Waals surface area (Å²) in [5, 5.41) is 149. The number of aliphatic hydroxyl groups excluding tert-OH is 8. The fourth-order valence-electron chi connectivity index (χ4n) is 8.65. The van der Waals surface area contributed by atoms with Crippen molar-refractivity contribution in [2.75, 3.05) is 19.8 Å². The van der Waals surface area contributed by atoms with Crippen molar-refractivity contribution in [2.45, 2.75) is 105 Å². The van der Waals surface area contributed by atoms with Gasteiger partial charge in [-0.3, -0.25) is 9.59 Å². The molecule has 4 aromatic rings. The van der Waals surface area contributed by atoms with Crippen molar-refractivity contribution in [1.82, 2.24) is 0 Å². The molecule has 0 spiro atoms. The highest BCUT2D eigenvalue weighted by molar-refractivity contribution is 5.90. The summed E-state index contributed by atoms with van der Waals surface area (Å²) in [5.41, 5.74) is 0.798. The molecule has 8 rings (SSSR count). The fraction of sp³-hybridized carbons (Fsp3) is 0.370. The van der Waals surface area contributed by atoms with E-state index >= 15 is 0 Å². The number of fused-ring (bicyclic) bond motifs is 1. The van der Waals surface area contributed by atoms with Crippen LogP contribution in [-0.4, -0.2) is 207 Å². The standard InChI is InChI=1S/C54H56O28/c55-26-8-1-23(2-9-26)5-13-39(62)73-20-35-42(65)46(69)49(72)53(80-35)82-51-47(70)44(67)37(21-74-40(63)14-6-24-3-10-27(56)11-4-24)81-54(51)78-34-18-29-32(76-50(34)25-7-12-30(58)31(59)15-25)16-28(57)17-33(29)77-52-48(71)45(68)43(66)36(79-52)22-75-41(64)19-38(60)61/h1-18,35-37,42-59,65-72H,19-22H2,(H,60,61)/b13-5+,14-6+/t35-,36+,37-,42+,43+,44+,45-,46-,47-,48+,49+,50?,51+,52+,53-,54+/m0/s1. The normalized spacial score (nSPS) is 29.9. The first-order valence-electron chi connectivity index (χ1n) is 24.9. The van der Waals surface area contributed by atoms with E-state index in [1.54, 1.807) is 0 Å². The van der Waals surface area contributed by atoms with Crippen LogP contribution in [0.25, 0.3) is 18.2 Å². The summed E-state index contributed by atoms with van der Waals surface area (Å²) >= 11 is 0. The third kappa shape index (κ3) is 14.5. The maximum absolute atomic E-state index is 13.0. The van der Waals surface area contributed by atoms with Crippen LogP contribution in [-0.2, 0) is 57.1 Å². The Morgan fingerprint density at radius 1 is 0.512 bits per heavy atom. The first kappa shape index (κ1) is 60.0. The second kappa shape index (κ2) is 26.2. The molecule has 0 aromatic heterocycles. The molecule has 440 valence electrons. The first-order valence-corrected chi connectivity index (χ1v) is 24.9. The Morgan fingerprint density at radius 2 is 1.02 bits per heavy atom. The largest absolute Gasteiger partial charge is 0.508 e. The minimum Gasteiger partial charge on any atom is -0.508 e. The molecule has 4 aliphatic rings. The Bertz CT molecular complexity index is 3000. The number of aliphatic carboxylic acids is 1. The summed E-state index contributed by atoms with van der Waals surface area (Å²) in [6.45, 7) is -2.41. The van der Waals surface area contributed by atoms with Crippen molar-refractivity contribution < 1.29 is 138 Å². The minimum atomic E-state index is -2.18. The summed E-state index contributed by atoms with van der Waals surface area (Å²) in [6, 6.07) is 16.9. The van der Waals surface area contributed by atoms with Gasteiger partial charge in [-0.25, -0.2) is 9.59 Å². The van der Waals surface area contributed by atoms with Crippen LogP contribution >= 0.6 is 0 Å². The zero-order valence-corrected chi connectivity index (χ0v) is 42.4. The number of carboxylic acid groups (broad SMARTS) is 1. The maximum Gasteiger partial charge on any atom is 0.330 e. The van der Waals surface area contributed by atoms with Gasteiger partial charge in [0.1, 0.15) is 128 Å². The van der Waals surface area contributed by atoms with E-state index in [4.69, 9.17) is 52.5 Å². The highest BCUT2D eigenvalue weighted by Crippen LogP contribution is 2.47. The van der Waals surface area contributed by atoms with E-state index in [1.807, 2.05) is 0 Å². The summed E-state index contributed by atoms with van der Waals surface area (Å²) in [6.07, 6.45) is -26.4. The van der Waals surface area contributed by atoms with E-state index in [0.717, 1.165) is 36.4 Å². The molecule has 4 heterocycles. The molecule has 16 atom stereocenters. The number of benzene rings is 4. The second-order valence-electron chi connectivity index (χ2n) is 18.9. The predicted molar refractivity (Wildman–Crippen MR) is 269 cm³/mol. The van der Waals surface area contributed by atoms with Crippen LogP contribution in [0.5, 0.6) is 40.2 Å². The molecule has 0 saturated carbocycles. The van der Waals surface area contributed by atoms with Gasteiger partial charge in [-0.2, -0.15) is 0 Å². The summed E-state index contributed by atoms with van der Waals surface area (Å²) < 4.78 is 57.8. The van der Waals surface area contributed by atoms with Gasteiger partial charge in [-0.1, -0.05) is 30.3 Å². The number of hydrogen-bond donors (Lipinski definition) is 14. The molecule has 0 aliphatic carbocycles. The number of carboxylic acids is 1. The van der Waals surface area contributed by atoms with Crippen LogP contribution in [0.1, 0.15) is 34.8 Å². The van der Waals surface area contributed by atoms with Crippen molar-refractivity contribution in [3.05, 3.63) is 119 Å². The summed E-state index contributed by atoms with van der Waals surface area (Å²) in [5.74, 6) is -7.66. The molecule has 3 saturated heterocycles. The Hall–Kier alpha value is -8.10. The molecular weight excluding hydrogens is 1100 g/mol. The SMILES string of the molecule is O=C(O)CC(=O)OC[C@H]1O[C@@H](Oc2cc(O)cc3c2C=C(O[C@@H]2O[C@@H](COC(=O)/C=C/c4ccc(O)cc4)[C@@H](O)[C@H](O)[C@H]2O[C@@H]2O[C@@H](COC(=O)/C=C/c4ccc(O)cc4)[C@@H](O)[C@H](O)[C@H]2O)C(c2ccc(O)c(O)c2)O3)[C@H](O)[C@@H](O)[C@@H]1O. The van der Waals surface area contributed by atoms with E-state index < -0.39 is 177 Å². The van der Waals surface area contributed by atoms with E-state index in [2.05, 4.69) is 0 Å². The van der Waals surface area contributed by atoms with Crippen molar-refractivity contribution in [3.8, 4) is 40.2 Å². The van der Waals surface area contributed by atoms with Crippen molar-refractivity contribution in [3.63, 3.8) is 0 Å². The predicted octanol–water partition coefficient (Wildman–Crippen LogP) is -0.937. The summed E-state index contributed by atoms with van der Waals surface area (Å²) in [7, 11) is 0. The lowest BCUT2D eigenvalue weighted by atomic mass is 9.97. The Balaban J connectivity index is 1.11.